The first-order valence-electron chi connectivity index (χ1n) is 3.19. The van der Waals surface area contributed by atoms with Crippen LogP contribution in [-0.4, -0.2) is 23.5 Å². The zero-order chi connectivity index (χ0) is 6.73. The topological polar surface area (TPSA) is 0 Å². The van der Waals surface area contributed by atoms with Crippen molar-refractivity contribution in [1.29, 1.82) is 0 Å². The van der Waals surface area contributed by atoms with E-state index in [0.717, 1.165) is 5.92 Å². The highest BCUT2D eigenvalue weighted by molar-refractivity contribution is 6.51. The molecule has 3 heteroatoms. The summed E-state index contributed by atoms with van der Waals surface area (Å²) in [6.45, 7) is 4.45. The van der Waals surface area contributed by atoms with E-state index in [-0.39, 0.29) is 0 Å². The van der Waals surface area contributed by atoms with Crippen LogP contribution >= 0.6 is 0 Å². The molecular weight excluding hydrogens is 92.5 g/mol. The zero-order valence-electron chi connectivity index (χ0n) is 6.58. The molecule has 0 aliphatic carbocycles. The first-order chi connectivity index (χ1) is 3.55. The van der Waals surface area contributed by atoms with Gasteiger partial charge in [0.25, 0.3) is 0 Å². The van der Waals surface area contributed by atoms with E-state index in [4.69, 9.17) is 0 Å². The maximum Gasteiger partial charge on any atom is 0.132 e. The summed E-state index contributed by atoms with van der Waals surface area (Å²) in [5, 5.41) is 1.46. The van der Waals surface area contributed by atoms with Crippen molar-refractivity contribution in [2.45, 2.75) is 13.8 Å². The summed E-state index contributed by atoms with van der Waals surface area (Å²) in [7, 11) is 6.52. The summed E-state index contributed by atoms with van der Waals surface area (Å²) in [5.41, 5.74) is 1.52. The molecule has 0 aliphatic heterocycles. The molecule has 0 unspecified atom stereocenters. The summed E-state index contributed by atoms with van der Waals surface area (Å²) < 4.78 is 0. The van der Waals surface area contributed by atoms with Gasteiger partial charge in [0.15, 0.2) is 0 Å². The van der Waals surface area contributed by atoms with E-state index in [9.17, 15) is 0 Å². The molecule has 0 spiro atoms. The molecule has 0 atom stereocenters. The van der Waals surface area contributed by atoms with Crippen molar-refractivity contribution in [3.05, 3.63) is 10.8 Å². The molecule has 0 aromatic rings. The van der Waals surface area contributed by atoms with Gasteiger partial charge in [-0.2, -0.15) is 5.37 Å². The fourth-order valence-electron chi connectivity index (χ4n) is 0.577. The molecule has 0 bridgehead atoms. The Balaban J connectivity index is 4.00. The highest BCUT2D eigenvalue weighted by Crippen LogP contribution is 2.05. The Morgan fingerprint density at radius 1 is 1.12 bits per heavy atom. The molecule has 0 amide bonds. The molecule has 0 heterocycles. The van der Waals surface area contributed by atoms with Gasteiger partial charge in [-0.15, -0.1) is 5.47 Å². The molecule has 42 valence electrons. The van der Waals surface area contributed by atoms with Crippen molar-refractivity contribution in [3.63, 3.8) is 0 Å². The molecule has 0 fully saturated rings. The van der Waals surface area contributed by atoms with Gasteiger partial charge in [0.1, 0.15) is 23.5 Å². The minimum absolute atomic E-state index is 0.722. The van der Waals surface area contributed by atoms with Gasteiger partial charge in [0.05, 0.1) is 0 Å². The fourth-order valence-corrected chi connectivity index (χ4v) is 0.577. The molecule has 0 N–H and O–H groups in total. The number of hydrogen-bond donors (Lipinski definition) is 0. The van der Waals surface area contributed by atoms with Crippen molar-refractivity contribution < 1.29 is 0 Å². The summed E-state index contributed by atoms with van der Waals surface area (Å²) >= 11 is 0. The lowest BCUT2D eigenvalue weighted by atomic mass is 9.66. The fraction of sp³-hybridized carbons (Fsp3) is 0.600. The third-order valence-electron chi connectivity index (χ3n) is 1.65. The third kappa shape index (κ3) is 2.30. The smallest absolute Gasteiger partial charge is 0.132 e. The SMILES string of the molecule is BC(B)=C(B)C(C)C. The largest absolute Gasteiger partial charge is 0.155 e. The van der Waals surface area contributed by atoms with Gasteiger partial charge in [-0.05, 0) is 5.92 Å². The maximum absolute atomic E-state index is 2.22. The van der Waals surface area contributed by atoms with E-state index < -0.39 is 0 Å². The Hall–Kier alpha value is -0.0652. The van der Waals surface area contributed by atoms with Crippen LogP contribution in [-0.2, 0) is 0 Å². The lowest BCUT2D eigenvalue weighted by Gasteiger charge is -2.06. The lowest BCUT2D eigenvalue weighted by molar-refractivity contribution is 0.813. The predicted molar refractivity (Wildman–Crippen MR) is 47.5 cm³/mol. The molecule has 8 heavy (non-hydrogen) atoms. The van der Waals surface area contributed by atoms with E-state index >= 15 is 0 Å². The highest BCUT2D eigenvalue weighted by atomic mass is 13.9. The van der Waals surface area contributed by atoms with Crippen LogP contribution in [0.1, 0.15) is 13.8 Å². The molecular formula is C5H13B3. The van der Waals surface area contributed by atoms with Gasteiger partial charge in [-0.25, -0.2) is 0 Å². The Morgan fingerprint density at radius 3 is 1.50 bits per heavy atom. The molecule has 0 radical (unpaired) electrons. The number of rotatable bonds is 1. The molecule has 0 nitrogen and oxygen atoms in total. The molecule has 0 aromatic carbocycles. The van der Waals surface area contributed by atoms with Crippen molar-refractivity contribution in [2.24, 2.45) is 5.92 Å². The average Bonchev–Trinajstić information content (AvgIpc) is 1.64. The van der Waals surface area contributed by atoms with E-state index in [2.05, 4.69) is 37.4 Å². The van der Waals surface area contributed by atoms with Crippen molar-refractivity contribution in [1.82, 2.24) is 0 Å². The van der Waals surface area contributed by atoms with E-state index in [1.807, 2.05) is 0 Å². The molecule has 0 aromatic heterocycles. The first-order valence-corrected chi connectivity index (χ1v) is 3.19. The standard InChI is InChI=1S/C5H13B3/c1-3(2)4(6)5(7)8/h3H,6-8H2,1-2H3. The first kappa shape index (κ1) is 7.93. The van der Waals surface area contributed by atoms with E-state index in [0.29, 0.717) is 0 Å². The van der Waals surface area contributed by atoms with Gasteiger partial charge < -0.3 is 0 Å². The van der Waals surface area contributed by atoms with Gasteiger partial charge in [0, 0.05) is 0 Å². The monoisotopic (exact) mass is 106 g/mol. The van der Waals surface area contributed by atoms with Crippen LogP contribution < -0.4 is 0 Å². The van der Waals surface area contributed by atoms with Crippen molar-refractivity contribution in [3.8, 4) is 0 Å². The molecule has 0 saturated heterocycles. The molecule has 0 saturated carbocycles. The van der Waals surface area contributed by atoms with E-state index in [1.165, 1.54) is 10.8 Å². The highest BCUT2D eigenvalue weighted by Gasteiger charge is 1.95. The second-order valence-electron chi connectivity index (χ2n) is 2.84. The molecule has 0 rings (SSSR count). The Kier molecular flexibility index (Phi) is 3.03. The minimum atomic E-state index is 0.722. The average molecular weight is 106 g/mol. The molecule has 0 aliphatic rings. The summed E-state index contributed by atoms with van der Waals surface area (Å²) in [6, 6.07) is 0. The Labute approximate surface area is 55.0 Å². The third-order valence-corrected chi connectivity index (χ3v) is 1.65. The lowest BCUT2D eigenvalue weighted by Crippen LogP contribution is -1.98. The van der Waals surface area contributed by atoms with Crippen LogP contribution in [0, 0.1) is 5.92 Å². The van der Waals surface area contributed by atoms with Gasteiger partial charge in [-0.1, -0.05) is 13.8 Å². The van der Waals surface area contributed by atoms with Crippen LogP contribution in [0.5, 0.6) is 0 Å². The van der Waals surface area contributed by atoms with Crippen LogP contribution in [0.2, 0.25) is 0 Å². The van der Waals surface area contributed by atoms with Crippen LogP contribution in [0.4, 0.5) is 0 Å². The number of allylic oxidation sites excluding steroid dienone is 1. The summed E-state index contributed by atoms with van der Waals surface area (Å²) in [5.74, 6) is 0.722. The van der Waals surface area contributed by atoms with Crippen LogP contribution in [0.15, 0.2) is 10.8 Å². The zero-order valence-corrected chi connectivity index (χ0v) is 6.58. The second-order valence-corrected chi connectivity index (χ2v) is 2.84. The van der Waals surface area contributed by atoms with Crippen molar-refractivity contribution >= 4 is 23.5 Å². The summed E-state index contributed by atoms with van der Waals surface area (Å²) in [6.07, 6.45) is 0. The Morgan fingerprint density at radius 2 is 1.50 bits per heavy atom. The predicted octanol–water partition coefficient (Wildman–Crippen LogP) is -1.29. The normalized spacial score (nSPS) is 9.38. The van der Waals surface area contributed by atoms with Gasteiger partial charge in [-0.3, -0.25) is 0 Å². The van der Waals surface area contributed by atoms with Gasteiger partial charge in [0.2, 0.25) is 0 Å². The van der Waals surface area contributed by atoms with Crippen LogP contribution in [0.3, 0.4) is 0 Å². The summed E-state index contributed by atoms with van der Waals surface area (Å²) in [4.78, 5) is 0. The van der Waals surface area contributed by atoms with Crippen LogP contribution in [0.25, 0.3) is 0 Å². The minimum Gasteiger partial charge on any atom is -0.155 e. The Bertz CT molecular complexity index is 100. The maximum atomic E-state index is 2.22. The van der Waals surface area contributed by atoms with Gasteiger partial charge >= 0.3 is 0 Å². The number of hydrogen-bond acceptors (Lipinski definition) is 0. The quantitative estimate of drug-likeness (QED) is 0.364. The second kappa shape index (κ2) is 3.06. The van der Waals surface area contributed by atoms with Crippen molar-refractivity contribution in [2.75, 3.05) is 0 Å². The van der Waals surface area contributed by atoms with E-state index in [1.54, 1.807) is 0 Å².